The summed E-state index contributed by atoms with van der Waals surface area (Å²) in [5, 5.41) is 22.8. The Kier molecular flexibility index (Phi) is 5.28. The van der Waals surface area contributed by atoms with E-state index in [1.165, 1.54) is 17.2 Å². The molecular weight excluding hydrogens is 364 g/mol. The highest BCUT2D eigenvalue weighted by molar-refractivity contribution is 5.74. The molecule has 1 unspecified atom stereocenters. The zero-order valence-electron chi connectivity index (χ0n) is 17.6. The van der Waals surface area contributed by atoms with E-state index in [2.05, 4.69) is 30.1 Å². The quantitative estimate of drug-likeness (QED) is 0.796. The van der Waals surface area contributed by atoms with Gasteiger partial charge in [0, 0.05) is 36.8 Å². The third-order valence-corrected chi connectivity index (χ3v) is 6.04. The van der Waals surface area contributed by atoms with Crippen molar-refractivity contribution in [1.29, 1.82) is 0 Å². The van der Waals surface area contributed by atoms with Gasteiger partial charge in [-0.15, -0.1) is 5.06 Å². The van der Waals surface area contributed by atoms with E-state index in [0.29, 0.717) is 6.54 Å². The minimum Gasteiger partial charge on any atom is -0.508 e. The summed E-state index contributed by atoms with van der Waals surface area (Å²) in [6, 6.07) is 9.78. The minimum absolute atomic E-state index is 0.0892. The van der Waals surface area contributed by atoms with Crippen molar-refractivity contribution in [2.75, 3.05) is 20.1 Å². The summed E-state index contributed by atoms with van der Waals surface area (Å²) in [4.78, 5) is 8.21. The average Bonchev–Trinajstić information content (AvgIpc) is 3.11. The van der Waals surface area contributed by atoms with Gasteiger partial charge in [-0.2, -0.15) is 0 Å². The number of nitrogens with zero attached hydrogens (tertiary/aromatic N) is 2. The van der Waals surface area contributed by atoms with Gasteiger partial charge in [-0.1, -0.05) is 32.0 Å². The van der Waals surface area contributed by atoms with E-state index in [1.54, 1.807) is 6.26 Å². The molecule has 29 heavy (non-hydrogen) atoms. The lowest BCUT2D eigenvalue weighted by Gasteiger charge is -2.27. The highest BCUT2D eigenvalue weighted by atomic mass is 16.7. The van der Waals surface area contributed by atoms with Gasteiger partial charge in [0.05, 0.1) is 0 Å². The van der Waals surface area contributed by atoms with E-state index in [9.17, 15) is 10.2 Å². The average molecular weight is 395 g/mol. The van der Waals surface area contributed by atoms with E-state index >= 15 is 0 Å². The normalized spacial score (nSPS) is 19.9. The number of aromatic hydroxyl groups is 2. The van der Waals surface area contributed by atoms with Crippen LogP contribution in [0.5, 0.6) is 11.5 Å². The Morgan fingerprint density at radius 3 is 2.62 bits per heavy atom. The second kappa shape index (κ2) is 7.73. The zero-order chi connectivity index (χ0) is 20.7. The highest BCUT2D eigenvalue weighted by Gasteiger charge is 2.34. The number of phenolic OH excluding ortho intramolecular Hbond substituents is 2. The lowest BCUT2D eigenvalue weighted by molar-refractivity contribution is -0.100. The molecule has 4 rings (SSSR count). The minimum atomic E-state index is -0.220. The first-order valence-corrected chi connectivity index (χ1v) is 10.4. The summed E-state index contributed by atoms with van der Waals surface area (Å²) >= 11 is 0. The van der Waals surface area contributed by atoms with Gasteiger partial charge in [-0.3, -0.25) is 0 Å². The van der Waals surface area contributed by atoms with Gasteiger partial charge in [0.15, 0.2) is 0 Å². The van der Waals surface area contributed by atoms with Crippen molar-refractivity contribution in [1.82, 2.24) is 9.96 Å². The Labute approximate surface area is 172 Å². The molecule has 2 aromatic carbocycles. The molecule has 0 saturated heterocycles. The molecular formula is C24H30N2O3. The summed E-state index contributed by atoms with van der Waals surface area (Å²) in [5.41, 5.74) is 6.49. The maximum Gasteiger partial charge on any atom is 0.124 e. The van der Waals surface area contributed by atoms with Crippen LogP contribution in [0.4, 0.5) is 0 Å². The molecule has 1 atom stereocenters. The first-order chi connectivity index (χ1) is 13.9. The fourth-order valence-corrected chi connectivity index (χ4v) is 4.38. The highest BCUT2D eigenvalue weighted by Crippen LogP contribution is 2.46. The van der Waals surface area contributed by atoms with Crippen LogP contribution in [0.2, 0.25) is 0 Å². The summed E-state index contributed by atoms with van der Waals surface area (Å²) in [6.45, 7) is 8.83. The second-order valence-electron chi connectivity index (χ2n) is 8.41. The summed E-state index contributed by atoms with van der Waals surface area (Å²) in [7, 11) is 2.15. The van der Waals surface area contributed by atoms with Gasteiger partial charge >= 0.3 is 0 Å². The third-order valence-electron chi connectivity index (χ3n) is 6.04. The van der Waals surface area contributed by atoms with E-state index in [-0.39, 0.29) is 23.5 Å². The smallest absolute Gasteiger partial charge is 0.124 e. The summed E-state index contributed by atoms with van der Waals surface area (Å²) in [5.74, 6) is 0.373. The van der Waals surface area contributed by atoms with Crippen LogP contribution in [0, 0.1) is 0 Å². The van der Waals surface area contributed by atoms with Gasteiger partial charge < -0.3 is 20.0 Å². The molecule has 0 spiro atoms. The lowest BCUT2D eigenvalue weighted by Crippen LogP contribution is -2.26. The number of likely N-dealkylation sites (N-methyl/N-ethyl adjacent to an activating group) is 2. The van der Waals surface area contributed by atoms with Crippen molar-refractivity contribution in [3.63, 3.8) is 0 Å². The number of rotatable bonds is 4. The zero-order valence-corrected chi connectivity index (χ0v) is 17.6. The fraction of sp³-hybridized carbons (Fsp3) is 0.417. The van der Waals surface area contributed by atoms with Crippen LogP contribution in [-0.2, 0) is 17.8 Å². The third kappa shape index (κ3) is 3.61. The van der Waals surface area contributed by atoms with Crippen LogP contribution in [-0.4, -0.2) is 40.3 Å². The van der Waals surface area contributed by atoms with E-state index < -0.39 is 0 Å². The standard InChI is InChI=1S/C24H30N2O3/c1-5-26-24(20-11-19(15(2)3)22(27)12-23(20)28)21(14-29-26)17-6-7-18-13-25(4)9-8-16(18)10-17/h6-7,10-12,14-15,24,27-28H,5,8-9,13H2,1-4H3. The number of hydroxylamine groups is 2. The molecule has 5 heteroatoms. The maximum atomic E-state index is 10.7. The largest absolute Gasteiger partial charge is 0.508 e. The van der Waals surface area contributed by atoms with E-state index in [1.807, 2.05) is 31.9 Å². The first-order valence-electron chi connectivity index (χ1n) is 10.4. The van der Waals surface area contributed by atoms with Crippen molar-refractivity contribution in [2.24, 2.45) is 0 Å². The van der Waals surface area contributed by atoms with Crippen LogP contribution in [0.25, 0.3) is 5.57 Å². The van der Waals surface area contributed by atoms with Crippen LogP contribution in [0.3, 0.4) is 0 Å². The van der Waals surface area contributed by atoms with Crippen LogP contribution >= 0.6 is 0 Å². The van der Waals surface area contributed by atoms with Crippen LogP contribution < -0.4 is 0 Å². The van der Waals surface area contributed by atoms with Gasteiger partial charge in [0.1, 0.15) is 23.8 Å². The fourth-order valence-electron chi connectivity index (χ4n) is 4.38. The monoisotopic (exact) mass is 394 g/mol. The molecule has 0 aliphatic carbocycles. The van der Waals surface area contributed by atoms with Crippen molar-refractivity contribution in [2.45, 2.75) is 45.7 Å². The Morgan fingerprint density at radius 1 is 1.10 bits per heavy atom. The van der Waals surface area contributed by atoms with Gasteiger partial charge in [-0.25, -0.2) is 0 Å². The molecule has 2 heterocycles. The molecule has 0 amide bonds. The molecule has 2 aromatic rings. The molecule has 0 aromatic heterocycles. The molecule has 2 N–H and O–H groups in total. The maximum absolute atomic E-state index is 10.7. The number of benzene rings is 2. The molecule has 2 aliphatic rings. The topological polar surface area (TPSA) is 56.2 Å². The number of hydrogen-bond acceptors (Lipinski definition) is 5. The SMILES string of the molecule is CCN1OC=C(c2ccc3c(c2)CCN(C)C3)C1c1cc(C(C)C)c(O)cc1O. The number of fused-ring (bicyclic) bond motifs is 1. The molecule has 2 aliphatic heterocycles. The van der Waals surface area contributed by atoms with Crippen molar-refractivity contribution >= 4 is 5.57 Å². The first kappa shape index (κ1) is 19.8. The molecule has 154 valence electrons. The van der Waals surface area contributed by atoms with Gasteiger partial charge in [0.2, 0.25) is 0 Å². The van der Waals surface area contributed by atoms with Crippen molar-refractivity contribution in [3.8, 4) is 11.5 Å². The second-order valence-corrected chi connectivity index (χ2v) is 8.41. The van der Waals surface area contributed by atoms with Crippen LogP contribution in [0.15, 0.2) is 36.6 Å². The number of hydrogen-bond donors (Lipinski definition) is 2. The Hall–Kier alpha value is -2.50. The Balaban J connectivity index is 1.76. The Morgan fingerprint density at radius 2 is 1.90 bits per heavy atom. The van der Waals surface area contributed by atoms with Crippen molar-refractivity contribution < 1.29 is 15.1 Å². The summed E-state index contributed by atoms with van der Waals surface area (Å²) < 4.78 is 0. The molecule has 0 radical (unpaired) electrons. The van der Waals surface area contributed by atoms with Gasteiger partial charge in [-0.05, 0) is 54.6 Å². The molecule has 5 nitrogen and oxygen atoms in total. The van der Waals surface area contributed by atoms with Crippen molar-refractivity contribution in [3.05, 3.63) is 64.4 Å². The Bertz CT molecular complexity index is 951. The predicted molar refractivity (Wildman–Crippen MR) is 115 cm³/mol. The lowest BCUT2D eigenvalue weighted by atomic mass is 9.88. The number of phenols is 2. The molecule has 0 saturated carbocycles. The predicted octanol–water partition coefficient (Wildman–Crippen LogP) is 4.56. The van der Waals surface area contributed by atoms with Gasteiger partial charge in [0.25, 0.3) is 0 Å². The van der Waals surface area contributed by atoms with E-state index in [0.717, 1.165) is 41.8 Å². The van der Waals surface area contributed by atoms with E-state index in [4.69, 9.17) is 4.84 Å². The molecule has 0 fully saturated rings. The summed E-state index contributed by atoms with van der Waals surface area (Å²) in [6.07, 6.45) is 2.84. The molecule has 0 bridgehead atoms. The van der Waals surface area contributed by atoms with Crippen LogP contribution in [0.1, 0.15) is 60.5 Å².